The Kier molecular flexibility index (Phi) is 4.76. The number of carboxylic acids is 1. The number of aliphatic carboxylic acids is 1. The van der Waals surface area contributed by atoms with Gasteiger partial charge in [0.2, 0.25) is 0 Å². The molecular weight excluding hydrogens is 244 g/mol. The predicted octanol–water partition coefficient (Wildman–Crippen LogP) is 1.81. The maximum absolute atomic E-state index is 13.2. The summed E-state index contributed by atoms with van der Waals surface area (Å²) in [7, 11) is 0. The molecule has 0 aromatic heterocycles. The van der Waals surface area contributed by atoms with Crippen LogP contribution in [0.25, 0.3) is 0 Å². The second-order valence-electron chi connectivity index (χ2n) is 3.91. The second kappa shape index (κ2) is 6.09. The Balaban J connectivity index is 2.53. The zero-order chi connectivity index (χ0) is 13.7. The number of rotatable bonds is 5. The highest BCUT2D eigenvalue weighted by atomic mass is 19.1. The lowest BCUT2D eigenvalue weighted by Crippen LogP contribution is -2.27. The Labute approximate surface area is 103 Å². The average molecular weight is 257 g/mol. The van der Waals surface area contributed by atoms with Gasteiger partial charge in [-0.25, -0.2) is 8.78 Å². The van der Waals surface area contributed by atoms with Crippen LogP contribution in [-0.4, -0.2) is 23.5 Å². The molecule has 18 heavy (non-hydrogen) atoms. The fourth-order valence-corrected chi connectivity index (χ4v) is 1.29. The Hall–Kier alpha value is -1.98. The lowest BCUT2D eigenvalue weighted by atomic mass is 10.1. The lowest BCUT2D eigenvalue weighted by molar-refractivity contribution is -0.141. The summed E-state index contributed by atoms with van der Waals surface area (Å²) >= 11 is 0. The number of carboxylic acid groups (broad SMARTS) is 1. The van der Waals surface area contributed by atoms with Crippen molar-refractivity contribution in [3.8, 4) is 0 Å². The minimum atomic E-state index is -0.961. The van der Waals surface area contributed by atoms with Gasteiger partial charge >= 0.3 is 5.97 Å². The largest absolute Gasteiger partial charge is 0.481 e. The standard InChI is InChI=1S/C12H13F2NO3/c1-7(12(17)18)4-5-15-11(16)9-3-2-8(13)6-10(9)14/h2-3,6-7H,4-5H2,1H3,(H,15,16)(H,17,18). The quantitative estimate of drug-likeness (QED) is 0.845. The van der Waals surface area contributed by atoms with Crippen LogP contribution in [0.2, 0.25) is 0 Å². The van der Waals surface area contributed by atoms with Crippen LogP contribution in [0.1, 0.15) is 23.7 Å². The van der Waals surface area contributed by atoms with E-state index in [0.717, 1.165) is 12.1 Å². The van der Waals surface area contributed by atoms with Gasteiger partial charge in [0, 0.05) is 12.6 Å². The predicted molar refractivity (Wildman–Crippen MR) is 60.1 cm³/mol. The molecule has 0 heterocycles. The fraction of sp³-hybridized carbons (Fsp3) is 0.333. The Morgan fingerprint density at radius 1 is 1.39 bits per heavy atom. The Bertz CT molecular complexity index is 463. The van der Waals surface area contributed by atoms with Gasteiger partial charge in [0.1, 0.15) is 11.6 Å². The van der Waals surface area contributed by atoms with Gasteiger partial charge in [0.05, 0.1) is 11.5 Å². The van der Waals surface area contributed by atoms with E-state index in [1.807, 2.05) is 0 Å². The molecule has 1 amide bonds. The van der Waals surface area contributed by atoms with Gasteiger partial charge in [-0.2, -0.15) is 0 Å². The number of nitrogens with one attached hydrogen (secondary N) is 1. The SMILES string of the molecule is CC(CCNC(=O)c1ccc(F)cc1F)C(=O)O. The van der Waals surface area contributed by atoms with Crippen molar-refractivity contribution in [1.82, 2.24) is 5.32 Å². The number of hydrogen-bond donors (Lipinski definition) is 2. The van der Waals surface area contributed by atoms with Crippen LogP contribution in [0.5, 0.6) is 0 Å². The average Bonchev–Trinajstić information content (AvgIpc) is 2.28. The van der Waals surface area contributed by atoms with Gasteiger partial charge in [0.25, 0.3) is 5.91 Å². The summed E-state index contributed by atoms with van der Waals surface area (Å²) in [6, 6.07) is 2.65. The summed E-state index contributed by atoms with van der Waals surface area (Å²) < 4.78 is 25.8. The third-order valence-corrected chi connectivity index (χ3v) is 2.46. The third kappa shape index (κ3) is 3.80. The molecule has 4 nitrogen and oxygen atoms in total. The molecule has 1 aromatic carbocycles. The third-order valence-electron chi connectivity index (χ3n) is 2.46. The normalized spacial score (nSPS) is 11.9. The van der Waals surface area contributed by atoms with E-state index in [4.69, 9.17) is 5.11 Å². The van der Waals surface area contributed by atoms with Crippen LogP contribution in [0.15, 0.2) is 18.2 Å². The van der Waals surface area contributed by atoms with Gasteiger partial charge in [-0.1, -0.05) is 6.92 Å². The first kappa shape index (κ1) is 14.1. The summed E-state index contributed by atoms with van der Waals surface area (Å²) in [4.78, 5) is 22.0. The summed E-state index contributed by atoms with van der Waals surface area (Å²) in [5, 5.41) is 11.0. The van der Waals surface area contributed by atoms with Crippen LogP contribution in [0.4, 0.5) is 8.78 Å². The maximum Gasteiger partial charge on any atom is 0.306 e. The first-order valence-electron chi connectivity index (χ1n) is 5.38. The molecule has 0 aliphatic heterocycles. The molecule has 1 rings (SSSR count). The first-order valence-corrected chi connectivity index (χ1v) is 5.38. The van der Waals surface area contributed by atoms with Gasteiger partial charge in [-0.05, 0) is 18.6 Å². The first-order chi connectivity index (χ1) is 8.41. The van der Waals surface area contributed by atoms with Gasteiger partial charge in [-0.15, -0.1) is 0 Å². The Morgan fingerprint density at radius 2 is 2.06 bits per heavy atom. The van der Waals surface area contributed by atoms with Crippen LogP contribution in [0, 0.1) is 17.6 Å². The van der Waals surface area contributed by atoms with E-state index in [2.05, 4.69) is 5.32 Å². The fourth-order valence-electron chi connectivity index (χ4n) is 1.29. The summed E-state index contributed by atoms with van der Waals surface area (Å²) in [5.74, 6) is -3.95. The molecule has 0 aliphatic rings. The van der Waals surface area contributed by atoms with Crippen molar-refractivity contribution in [2.24, 2.45) is 5.92 Å². The number of hydrogen-bond acceptors (Lipinski definition) is 2. The van der Waals surface area contributed by atoms with Crippen molar-refractivity contribution < 1.29 is 23.5 Å². The van der Waals surface area contributed by atoms with Crippen molar-refractivity contribution in [2.75, 3.05) is 6.54 Å². The molecule has 0 aliphatic carbocycles. The molecule has 0 radical (unpaired) electrons. The highest BCUT2D eigenvalue weighted by Gasteiger charge is 2.14. The van der Waals surface area contributed by atoms with Crippen LogP contribution >= 0.6 is 0 Å². The van der Waals surface area contributed by atoms with E-state index < -0.39 is 29.4 Å². The van der Waals surface area contributed by atoms with Crippen molar-refractivity contribution in [1.29, 1.82) is 0 Å². The van der Waals surface area contributed by atoms with Crippen LogP contribution in [-0.2, 0) is 4.79 Å². The smallest absolute Gasteiger partial charge is 0.306 e. The molecule has 0 spiro atoms. The van der Waals surface area contributed by atoms with Crippen LogP contribution < -0.4 is 5.32 Å². The van der Waals surface area contributed by atoms with Gasteiger partial charge < -0.3 is 10.4 Å². The molecule has 6 heteroatoms. The van der Waals surface area contributed by atoms with Gasteiger partial charge in [-0.3, -0.25) is 9.59 Å². The maximum atomic E-state index is 13.2. The molecule has 0 fully saturated rings. The molecule has 2 N–H and O–H groups in total. The molecule has 0 saturated heterocycles. The van der Waals surface area contributed by atoms with Crippen molar-refractivity contribution in [3.63, 3.8) is 0 Å². The molecule has 98 valence electrons. The van der Waals surface area contributed by atoms with Crippen LogP contribution in [0.3, 0.4) is 0 Å². The summed E-state index contributed by atoms with van der Waals surface area (Å²) in [5.41, 5.74) is -0.264. The number of carbonyl (C=O) groups excluding carboxylic acids is 1. The lowest BCUT2D eigenvalue weighted by Gasteiger charge is -2.08. The monoisotopic (exact) mass is 257 g/mol. The van der Waals surface area contributed by atoms with E-state index in [1.165, 1.54) is 6.92 Å². The highest BCUT2D eigenvalue weighted by molar-refractivity contribution is 5.94. The number of amides is 1. The Morgan fingerprint density at radius 3 is 2.61 bits per heavy atom. The van der Waals surface area contributed by atoms with E-state index in [1.54, 1.807) is 0 Å². The van der Waals surface area contributed by atoms with Crippen molar-refractivity contribution in [3.05, 3.63) is 35.4 Å². The highest BCUT2D eigenvalue weighted by Crippen LogP contribution is 2.09. The molecule has 1 aromatic rings. The van der Waals surface area contributed by atoms with E-state index in [0.29, 0.717) is 6.07 Å². The minimum Gasteiger partial charge on any atom is -0.481 e. The zero-order valence-electron chi connectivity index (χ0n) is 9.74. The molecule has 1 atom stereocenters. The summed E-state index contributed by atoms with van der Waals surface area (Å²) in [6.07, 6.45) is 0.240. The van der Waals surface area contributed by atoms with Gasteiger partial charge in [0.15, 0.2) is 0 Å². The molecular formula is C12H13F2NO3. The van der Waals surface area contributed by atoms with E-state index >= 15 is 0 Å². The number of benzene rings is 1. The zero-order valence-corrected chi connectivity index (χ0v) is 9.74. The molecule has 0 saturated carbocycles. The molecule has 1 unspecified atom stereocenters. The summed E-state index contributed by atoms with van der Waals surface area (Å²) in [6.45, 7) is 1.62. The number of carbonyl (C=O) groups is 2. The number of halogens is 2. The molecule has 0 bridgehead atoms. The van der Waals surface area contributed by atoms with E-state index in [-0.39, 0.29) is 18.5 Å². The minimum absolute atomic E-state index is 0.114. The topological polar surface area (TPSA) is 66.4 Å². The van der Waals surface area contributed by atoms with E-state index in [9.17, 15) is 18.4 Å². The van der Waals surface area contributed by atoms with Crippen molar-refractivity contribution in [2.45, 2.75) is 13.3 Å². The second-order valence-corrected chi connectivity index (χ2v) is 3.91. The van der Waals surface area contributed by atoms with Crippen molar-refractivity contribution >= 4 is 11.9 Å².